The molecule has 0 radical (unpaired) electrons. The van der Waals surface area contributed by atoms with Crippen LogP contribution in [0.4, 0.5) is 0 Å². The van der Waals surface area contributed by atoms with E-state index < -0.39 is 5.60 Å². The smallest absolute Gasteiger partial charge is 0.0741 e. The van der Waals surface area contributed by atoms with Crippen LogP contribution in [0, 0.1) is 0 Å². The molecule has 1 rings (SSSR count). The van der Waals surface area contributed by atoms with Gasteiger partial charge in [0, 0.05) is 10.6 Å². The third-order valence-electron chi connectivity index (χ3n) is 2.68. The highest BCUT2D eigenvalue weighted by Gasteiger charge is 2.24. The van der Waals surface area contributed by atoms with E-state index in [2.05, 4.69) is 26.0 Å². The van der Waals surface area contributed by atoms with Gasteiger partial charge in [0.05, 0.1) is 5.60 Å². The Morgan fingerprint density at radius 2 is 1.62 bits per heavy atom. The molecule has 0 bridgehead atoms. The summed E-state index contributed by atoms with van der Waals surface area (Å²) in [6.45, 7) is 4.27. The van der Waals surface area contributed by atoms with Crippen molar-refractivity contribution in [3.8, 4) is 0 Å². The van der Waals surface area contributed by atoms with Crippen molar-refractivity contribution in [3.05, 3.63) is 30.3 Å². The number of thioether (sulfide) groups is 1. The minimum Gasteiger partial charge on any atom is -0.389 e. The second-order valence-electron chi connectivity index (χ2n) is 4.33. The lowest BCUT2D eigenvalue weighted by Gasteiger charge is -2.27. The maximum absolute atomic E-state index is 10.5. The third-order valence-corrected chi connectivity index (χ3v) is 3.97. The van der Waals surface area contributed by atoms with Gasteiger partial charge in [-0.2, -0.15) is 0 Å². The quantitative estimate of drug-likeness (QED) is 0.721. The van der Waals surface area contributed by atoms with Crippen molar-refractivity contribution in [2.75, 3.05) is 5.75 Å². The Bertz CT molecular complexity index is 278. The average molecular weight is 238 g/mol. The summed E-state index contributed by atoms with van der Waals surface area (Å²) in [7, 11) is 0. The zero-order valence-electron chi connectivity index (χ0n) is 10.3. The van der Waals surface area contributed by atoms with Crippen LogP contribution in [-0.4, -0.2) is 16.5 Å². The molecule has 0 heterocycles. The molecule has 90 valence electrons. The van der Waals surface area contributed by atoms with Crippen LogP contribution in [0.15, 0.2) is 35.2 Å². The highest BCUT2D eigenvalue weighted by atomic mass is 32.2. The van der Waals surface area contributed by atoms with Crippen molar-refractivity contribution < 1.29 is 5.11 Å². The van der Waals surface area contributed by atoms with Crippen molar-refractivity contribution in [1.29, 1.82) is 0 Å². The van der Waals surface area contributed by atoms with Crippen LogP contribution in [0.2, 0.25) is 0 Å². The van der Waals surface area contributed by atoms with E-state index in [1.54, 1.807) is 11.8 Å². The van der Waals surface area contributed by atoms with E-state index in [0.717, 1.165) is 31.4 Å². The second-order valence-corrected chi connectivity index (χ2v) is 5.37. The number of hydrogen-bond donors (Lipinski definition) is 1. The summed E-state index contributed by atoms with van der Waals surface area (Å²) in [5.74, 6) is 0.804. The van der Waals surface area contributed by atoms with Crippen LogP contribution in [0.3, 0.4) is 0 Å². The van der Waals surface area contributed by atoms with Gasteiger partial charge in [-0.05, 0) is 25.0 Å². The molecule has 0 aromatic heterocycles. The fourth-order valence-electron chi connectivity index (χ4n) is 1.93. The lowest BCUT2D eigenvalue weighted by molar-refractivity contribution is 0.0455. The molecule has 0 aliphatic carbocycles. The van der Waals surface area contributed by atoms with Crippen LogP contribution in [0.25, 0.3) is 0 Å². The molecule has 16 heavy (non-hydrogen) atoms. The Hall–Kier alpha value is -0.470. The first-order valence-corrected chi connectivity index (χ1v) is 7.09. The molecule has 1 nitrogen and oxygen atoms in total. The SMILES string of the molecule is CCCC(O)(CCC)CSc1ccccc1. The van der Waals surface area contributed by atoms with Gasteiger partial charge in [0.25, 0.3) is 0 Å². The normalized spacial score (nSPS) is 11.7. The molecule has 1 aromatic rings. The number of rotatable bonds is 7. The van der Waals surface area contributed by atoms with Gasteiger partial charge in [0.1, 0.15) is 0 Å². The van der Waals surface area contributed by atoms with E-state index in [9.17, 15) is 5.11 Å². The van der Waals surface area contributed by atoms with Crippen molar-refractivity contribution in [1.82, 2.24) is 0 Å². The first-order valence-electron chi connectivity index (χ1n) is 6.10. The zero-order valence-corrected chi connectivity index (χ0v) is 11.1. The second kappa shape index (κ2) is 6.97. The van der Waals surface area contributed by atoms with Crippen molar-refractivity contribution >= 4 is 11.8 Å². The third kappa shape index (κ3) is 4.58. The zero-order chi connectivity index (χ0) is 11.9. The van der Waals surface area contributed by atoms with Gasteiger partial charge in [-0.3, -0.25) is 0 Å². The van der Waals surface area contributed by atoms with Crippen molar-refractivity contribution in [3.63, 3.8) is 0 Å². The average Bonchev–Trinajstić information content (AvgIpc) is 2.29. The van der Waals surface area contributed by atoms with Gasteiger partial charge >= 0.3 is 0 Å². The molecule has 0 unspecified atom stereocenters. The maximum Gasteiger partial charge on any atom is 0.0741 e. The monoisotopic (exact) mass is 238 g/mol. The maximum atomic E-state index is 10.5. The Labute approximate surface area is 103 Å². The Morgan fingerprint density at radius 3 is 2.12 bits per heavy atom. The summed E-state index contributed by atoms with van der Waals surface area (Å²) >= 11 is 1.76. The lowest BCUT2D eigenvalue weighted by Crippen LogP contribution is -2.31. The molecule has 1 aromatic carbocycles. The minimum atomic E-state index is -0.482. The van der Waals surface area contributed by atoms with Crippen molar-refractivity contribution in [2.24, 2.45) is 0 Å². The summed E-state index contributed by atoms with van der Waals surface area (Å²) < 4.78 is 0. The van der Waals surface area contributed by atoms with E-state index in [4.69, 9.17) is 0 Å². The van der Waals surface area contributed by atoms with Gasteiger partial charge in [-0.15, -0.1) is 11.8 Å². The van der Waals surface area contributed by atoms with Gasteiger partial charge < -0.3 is 5.11 Å². The van der Waals surface area contributed by atoms with Gasteiger partial charge in [-0.1, -0.05) is 44.9 Å². The van der Waals surface area contributed by atoms with E-state index in [1.807, 2.05) is 18.2 Å². The minimum absolute atomic E-state index is 0.482. The van der Waals surface area contributed by atoms with Crippen LogP contribution >= 0.6 is 11.8 Å². The van der Waals surface area contributed by atoms with E-state index in [-0.39, 0.29) is 0 Å². The highest BCUT2D eigenvalue weighted by molar-refractivity contribution is 7.99. The topological polar surface area (TPSA) is 20.2 Å². The Morgan fingerprint density at radius 1 is 1.06 bits per heavy atom. The molecule has 0 spiro atoms. The first-order chi connectivity index (χ1) is 7.70. The van der Waals surface area contributed by atoms with E-state index >= 15 is 0 Å². The molecule has 0 fully saturated rings. The fourth-order valence-corrected chi connectivity index (χ4v) is 3.01. The Kier molecular flexibility index (Phi) is 5.93. The molecule has 1 N–H and O–H groups in total. The molecule has 0 aliphatic heterocycles. The van der Waals surface area contributed by atoms with Crippen molar-refractivity contribution in [2.45, 2.75) is 50.0 Å². The van der Waals surface area contributed by atoms with Crippen LogP contribution in [0.1, 0.15) is 39.5 Å². The molecule has 2 heteroatoms. The summed E-state index contributed by atoms with van der Waals surface area (Å²) in [6, 6.07) is 10.3. The molecule has 0 atom stereocenters. The molecule has 0 amide bonds. The summed E-state index contributed by atoms with van der Waals surface area (Å²) in [5.41, 5.74) is -0.482. The fraction of sp³-hybridized carbons (Fsp3) is 0.571. The molecule has 0 saturated carbocycles. The standard InChI is InChI=1S/C14H22OS/c1-3-10-14(15,11-4-2)12-16-13-8-6-5-7-9-13/h5-9,15H,3-4,10-12H2,1-2H3. The number of benzene rings is 1. The number of hydrogen-bond acceptors (Lipinski definition) is 2. The largest absolute Gasteiger partial charge is 0.389 e. The highest BCUT2D eigenvalue weighted by Crippen LogP contribution is 2.28. The molecule has 0 saturated heterocycles. The predicted molar refractivity (Wildman–Crippen MR) is 71.9 cm³/mol. The summed E-state index contributed by atoms with van der Waals surface area (Å²) in [6.07, 6.45) is 3.90. The molecular formula is C14H22OS. The molecular weight excluding hydrogens is 216 g/mol. The van der Waals surface area contributed by atoms with E-state index in [0.29, 0.717) is 0 Å². The van der Waals surface area contributed by atoms with Crippen LogP contribution in [-0.2, 0) is 0 Å². The predicted octanol–water partition coefficient (Wildman–Crippen LogP) is 4.11. The summed E-state index contributed by atoms with van der Waals surface area (Å²) in [4.78, 5) is 1.24. The van der Waals surface area contributed by atoms with Gasteiger partial charge in [0.15, 0.2) is 0 Å². The molecule has 0 aliphatic rings. The van der Waals surface area contributed by atoms with Gasteiger partial charge in [0.2, 0.25) is 0 Å². The Balaban J connectivity index is 2.49. The number of aliphatic hydroxyl groups is 1. The summed E-state index contributed by atoms with van der Waals surface area (Å²) in [5, 5.41) is 10.5. The van der Waals surface area contributed by atoms with Crippen LogP contribution in [0.5, 0.6) is 0 Å². The lowest BCUT2D eigenvalue weighted by atomic mass is 9.95. The van der Waals surface area contributed by atoms with Crippen LogP contribution < -0.4 is 0 Å². The van der Waals surface area contributed by atoms with Gasteiger partial charge in [-0.25, -0.2) is 0 Å². The van der Waals surface area contributed by atoms with E-state index in [1.165, 1.54) is 4.90 Å². The first kappa shape index (κ1) is 13.6.